The molecule has 0 radical (unpaired) electrons. The van der Waals surface area contributed by atoms with Crippen LogP contribution in [0.1, 0.15) is 0 Å². The van der Waals surface area contributed by atoms with Gasteiger partial charge in [0, 0.05) is 14.8 Å². The van der Waals surface area contributed by atoms with Crippen LogP contribution in [0.3, 0.4) is 0 Å². The molecule has 1 N–H and O–H groups in total. The summed E-state index contributed by atoms with van der Waals surface area (Å²) in [5.41, 5.74) is 1.38. The number of halogens is 1. The van der Waals surface area contributed by atoms with Crippen LogP contribution in [0, 0.1) is 3.57 Å². The Morgan fingerprint density at radius 2 is 1.75 bits per heavy atom. The van der Waals surface area contributed by atoms with E-state index in [4.69, 9.17) is 13.6 Å². The van der Waals surface area contributed by atoms with Gasteiger partial charge in [0.2, 0.25) is 5.89 Å². The lowest BCUT2D eigenvalue weighted by Gasteiger charge is -2.08. The van der Waals surface area contributed by atoms with Gasteiger partial charge < -0.3 is 18.9 Å². The molecule has 0 saturated carbocycles. The van der Waals surface area contributed by atoms with E-state index in [0.717, 1.165) is 9.13 Å². The van der Waals surface area contributed by atoms with E-state index in [2.05, 4.69) is 38.1 Å². The van der Waals surface area contributed by atoms with Gasteiger partial charge in [0.1, 0.15) is 5.75 Å². The van der Waals surface area contributed by atoms with Crippen LogP contribution >= 0.6 is 22.6 Å². The third-order valence-electron chi connectivity index (χ3n) is 3.76. The molecule has 2 aromatic heterocycles. The van der Waals surface area contributed by atoms with Crippen molar-refractivity contribution in [2.45, 2.75) is 0 Å². The summed E-state index contributed by atoms with van der Waals surface area (Å²) < 4.78 is 17.4. The van der Waals surface area contributed by atoms with Crippen molar-refractivity contribution in [1.82, 2.24) is 10.2 Å². The second-order valence-corrected chi connectivity index (χ2v) is 7.00. The molecule has 7 nitrogen and oxygen atoms in total. The highest BCUT2D eigenvalue weighted by atomic mass is 127. The average Bonchev–Trinajstić information content (AvgIpc) is 3.40. The molecule has 8 heteroatoms. The van der Waals surface area contributed by atoms with Crippen LogP contribution in [0.5, 0.6) is 5.75 Å². The van der Waals surface area contributed by atoms with Crippen LogP contribution in [0.25, 0.3) is 23.1 Å². The van der Waals surface area contributed by atoms with Crippen molar-refractivity contribution in [3.8, 4) is 28.9 Å². The van der Waals surface area contributed by atoms with Gasteiger partial charge in [-0.3, -0.25) is 4.79 Å². The maximum atomic E-state index is 12.1. The molecule has 0 aliphatic heterocycles. The van der Waals surface area contributed by atoms with E-state index in [1.165, 1.54) is 0 Å². The zero-order chi connectivity index (χ0) is 19.3. The first-order valence-corrected chi connectivity index (χ1v) is 9.41. The number of rotatable bonds is 6. The van der Waals surface area contributed by atoms with E-state index in [1.807, 2.05) is 24.3 Å². The summed E-state index contributed by atoms with van der Waals surface area (Å²) in [5, 5.41) is 10.8. The first-order chi connectivity index (χ1) is 13.7. The third kappa shape index (κ3) is 4.39. The Labute approximate surface area is 173 Å². The van der Waals surface area contributed by atoms with Crippen LogP contribution in [-0.4, -0.2) is 22.7 Å². The molecule has 0 aliphatic rings. The number of hydrogen-bond donors (Lipinski definition) is 1. The Morgan fingerprint density at radius 3 is 2.46 bits per heavy atom. The summed E-state index contributed by atoms with van der Waals surface area (Å²) in [4.78, 5) is 12.1. The van der Waals surface area contributed by atoms with E-state index in [1.54, 1.807) is 42.7 Å². The third-order valence-corrected chi connectivity index (χ3v) is 4.48. The largest absolute Gasteiger partial charge is 0.484 e. The number of amides is 1. The van der Waals surface area contributed by atoms with Crippen molar-refractivity contribution in [2.24, 2.45) is 0 Å². The Morgan fingerprint density at radius 1 is 1.00 bits per heavy atom. The van der Waals surface area contributed by atoms with Crippen LogP contribution in [0.4, 0.5) is 5.69 Å². The van der Waals surface area contributed by atoms with Crippen molar-refractivity contribution in [1.29, 1.82) is 0 Å². The average molecular weight is 487 g/mol. The van der Waals surface area contributed by atoms with E-state index >= 15 is 0 Å². The van der Waals surface area contributed by atoms with Gasteiger partial charge in [0.15, 0.2) is 12.4 Å². The van der Waals surface area contributed by atoms with Crippen molar-refractivity contribution in [3.05, 3.63) is 70.5 Å². The van der Waals surface area contributed by atoms with Crippen LogP contribution in [-0.2, 0) is 4.79 Å². The van der Waals surface area contributed by atoms with Gasteiger partial charge in [-0.2, -0.15) is 0 Å². The molecule has 1 amide bonds. The maximum Gasteiger partial charge on any atom is 0.283 e. The smallest absolute Gasteiger partial charge is 0.283 e. The van der Waals surface area contributed by atoms with Crippen molar-refractivity contribution >= 4 is 34.2 Å². The minimum Gasteiger partial charge on any atom is -0.484 e. The SMILES string of the molecule is O=C(COc1ccc(I)cc1)Nc1ccc(-c2nnc(-c3ccco3)o2)cc1. The number of hydrogen-bond acceptors (Lipinski definition) is 6. The molecule has 0 spiro atoms. The molecule has 140 valence electrons. The Kier molecular flexibility index (Phi) is 5.38. The van der Waals surface area contributed by atoms with E-state index in [0.29, 0.717) is 29.0 Å². The Balaban J connectivity index is 1.35. The fraction of sp³-hybridized carbons (Fsp3) is 0.0500. The van der Waals surface area contributed by atoms with Gasteiger partial charge in [0.25, 0.3) is 11.8 Å². The normalized spacial score (nSPS) is 10.6. The summed E-state index contributed by atoms with van der Waals surface area (Å²) in [7, 11) is 0. The summed E-state index contributed by atoms with van der Waals surface area (Å²) in [6.45, 7) is -0.0709. The molecule has 0 fully saturated rings. The number of benzene rings is 2. The molecule has 2 aromatic carbocycles. The maximum absolute atomic E-state index is 12.1. The van der Waals surface area contributed by atoms with Crippen LogP contribution < -0.4 is 10.1 Å². The van der Waals surface area contributed by atoms with Gasteiger partial charge >= 0.3 is 0 Å². The van der Waals surface area contributed by atoms with E-state index < -0.39 is 0 Å². The second-order valence-electron chi connectivity index (χ2n) is 5.76. The molecule has 4 aromatic rings. The minimum absolute atomic E-state index is 0.0709. The highest BCUT2D eigenvalue weighted by Crippen LogP contribution is 2.25. The van der Waals surface area contributed by atoms with Crippen molar-refractivity contribution in [3.63, 3.8) is 0 Å². The Hall–Kier alpha value is -3.14. The second kappa shape index (κ2) is 8.26. The van der Waals surface area contributed by atoms with Crippen molar-refractivity contribution in [2.75, 3.05) is 11.9 Å². The highest BCUT2D eigenvalue weighted by molar-refractivity contribution is 14.1. The first kappa shape index (κ1) is 18.2. The van der Waals surface area contributed by atoms with Gasteiger partial charge in [-0.25, -0.2) is 0 Å². The molecule has 0 atom stereocenters. The minimum atomic E-state index is -0.246. The molecule has 2 heterocycles. The number of nitrogens with zero attached hydrogens (tertiary/aromatic N) is 2. The molecule has 0 saturated heterocycles. The summed E-state index contributed by atoms with van der Waals surface area (Å²) in [6.07, 6.45) is 1.54. The topological polar surface area (TPSA) is 90.4 Å². The molecular weight excluding hydrogens is 473 g/mol. The Bertz CT molecular complexity index is 1060. The molecule has 28 heavy (non-hydrogen) atoms. The standard InChI is InChI=1S/C20H14IN3O4/c21-14-5-9-16(10-6-14)27-12-18(25)22-15-7-3-13(4-8-15)19-23-24-20(28-19)17-2-1-11-26-17/h1-11H,12H2,(H,22,25). The predicted octanol–water partition coefficient (Wildman–Crippen LogP) is 4.62. The van der Waals surface area contributed by atoms with Gasteiger partial charge in [-0.1, -0.05) is 0 Å². The predicted molar refractivity (Wildman–Crippen MR) is 111 cm³/mol. The first-order valence-electron chi connectivity index (χ1n) is 8.33. The van der Waals surface area contributed by atoms with Crippen LogP contribution in [0.15, 0.2) is 75.8 Å². The van der Waals surface area contributed by atoms with Crippen molar-refractivity contribution < 1.29 is 18.4 Å². The summed E-state index contributed by atoms with van der Waals surface area (Å²) >= 11 is 2.21. The lowest BCUT2D eigenvalue weighted by atomic mass is 10.2. The molecular formula is C20H14IN3O4. The zero-order valence-electron chi connectivity index (χ0n) is 14.5. The lowest BCUT2D eigenvalue weighted by molar-refractivity contribution is -0.118. The van der Waals surface area contributed by atoms with Crippen LogP contribution in [0.2, 0.25) is 0 Å². The quantitative estimate of drug-likeness (QED) is 0.400. The summed E-state index contributed by atoms with van der Waals surface area (Å²) in [5.74, 6) is 1.59. The number of ether oxygens (including phenoxy) is 1. The lowest BCUT2D eigenvalue weighted by Crippen LogP contribution is -2.20. The number of nitrogens with one attached hydrogen (secondary N) is 1. The molecule has 0 aliphatic carbocycles. The summed E-state index contributed by atoms with van der Waals surface area (Å²) in [6, 6.07) is 18.1. The fourth-order valence-electron chi connectivity index (χ4n) is 2.41. The number of furan rings is 1. The van der Waals surface area contributed by atoms with Gasteiger partial charge in [-0.05, 0) is 83.3 Å². The fourth-order valence-corrected chi connectivity index (χ4v) is 2.77. The van der Waals surface area contributed by atoms with Gasteiger partial charge in [-0.15, -0.1) is 10.2 Å². The van der Waals surface area contributed by atoms with E-state index in [9.17, 15) is 4.79 Å². The number of aromatic nitrogens is 2. The van der Waals surface area contributed by atoms with E-state index in [-0.39, 0.29) is 12.5 Å². The number of anilines is 1. The van der Waals surface area contributed by atoms with Gasteiger partial charge in [0.05, 0.1) is 6.26 Å². The monoisotopic (exact) mass is 487 g/mol. The molecule has 0 bridgehead atoms. The zero-order valence-corrected chi connectivity index (χ0v) is 16.6. The molecule has 4 rings (SSSR count). The highest BCUT2D eigenvalue weighted by Gasteiger charge is 2.12. The number of carbonyl (C=O) groups is 1. The number of carbonyl (C=O) groups excluding carboxylic acids is 1. The molecule has 0 unspecified atom stereocenters.